The number of ether oxygens (including phenoxy) is 2. The zero-order valence-electron chi connectivity index (χ0n) is 12.7. The Kier molecular flexibility index (Phi) is 6.07. The molecule has 2 rings (SSSR count). The zero-order chi connectivity index (χ0) is 15.9. The summed E-state index contributed by atoms with van der Waals surface area (Å²) in [5.41, 5.74) is 1.68. The SMILES string of the molecule is COc1cccc(CNCC(O)c2ccccc2Cl)c1OC. The van der Waals surface area contributed by atoms with Gasteiger partial charge in [0, 0.05) is 29.2 Å². The molecule has 22 heavy (non-hydrogen) atoms. The molecule has 2 N–H and O–H groups in total. The summed E-state index contributed by atoms with van der Waals surface area (Å²) >= 11 is 6.08. The van der Waals surface area contributed by atoms with Crippen molar-refractivity contribution in [3.8, 4) is 11.5 Å². The highest BCUT2D eigenvalue weighted by Crippen LogP contribution is 2.30. The van der Waals surface area contributed by atoms with Gasteiger partial charge >= 0.3 is 0 Å². The van der Waals surface area contributed by atoms with E-state index in [1.807, 2.05) is 36.4 Å². The van der Waals surface area contributed by atoms with Crippen molar-refractivity contribution in [2.45, 2.75) is 12.6 Å². The highest BCUT2D eigenvalue weighted by molar-refractivity contribution is 6.31. The highest BCUT2D eigenvalue weighted by Gasteiger charge is 2.12. The number of hydrogen-bond acceptors (Lipinski definition) is 4. The van der Waals surface area contributed by atoms with E-state index in [0.29, 0.717) is 35.2 Å². The van der Waals surface area contributed by atoms with Gasteiger partial charge in [-0.2, -0.15) is 0 Å². The van der Waals surface area contributed by atoms with Crippen molar-refractivity contribution in [2.75, 3.05) is 20.8 Å². The number of halogens is 1. The third-order valence-electron chi connectivity index (χ3n) is 3.40. The van der Waals surface area contributed by atoms with Gasteiger partial charge in [-0.25, -0.2) is 0 Å². The first-order valence-corrected chi connectivity index (χ1v) is 7.38. The minimum absolute atomic E-state index is 0.393. The van der Waals surface area contributed by atoms with Crippen LogP contribution >= 0.6 is 11.6 Å². The summed E-state index contributed by atoms with van der Waals surface area (Å²) in [5.74, 6) is 1.39. The summed E-state index contributed by atoms with van der Waals surface area (Å²) in [6, 6.07) is 13.0. The summed E-state index contributed by atoms with van der Waals surface area (Å²) in [6.45, 7) is 0.950. The van der Waals surface area contributed by atoms with E-state index < -0.39 is 6.10 Å². The number of methoxy groups -OCH3 is 2. The molecular formula is C17H20ClNO3. The van der Waals surface area contributed by atoms with Crippen molar-refractivity contribution < 1.29 is 14.6 Å². The van der Waals surface area contributed by atoms with E-state index in [1.54, 1.807) is 20.3 Å². The Hall–Kier alpha value is -1.75. The maximum atomic E-state index is 10.2. The van der Waals surface area contributed by atoms with Crippen molar-refractivity contribution >= 4 is 11.6 Å². The molecule has 0 bridgehead atoms. The smallest absolute Gasteiger partial charge is 0.165 e. The Bertz CT molecular complexity index is 619. The lowest BCUT2D eigenvalue weighted by atomic mass is 10.1. The molecule has 118 valence electrons. The number of nitrogens with one attached hydrogen (secondary N) is 1. The molecule has 0 amide bonds. The quantitative estimate of drug-likeness (QED) is 0.822. The summed E-state index contributed by atoms with van der Waals surface area (Å²) in [7, 11) is 3.22. The maximum Gasteiger partial charge on any atom is 0.165 e. The highest BCUT2D eigenvalue weighted by atomic mass is 35.5. The average Bonchev–Trinajstić information content (AvgIpc) is 2.54. The van der Waals surface area contributed by atoms with Crippen LogP contribution in [0.1, 0.15) is 17.2 Å². The van der Waals surface area contributed by atoms with Gasteiger partial charge in [-0.15, -0.1) is 0 Å². The van der Waals surface area contributed by atoms with Crippen LogP contribution in [0.3, 0.4) is 0 Å². The topological polar surface area (TPSA) is 50.7 Å². The van der Waals surface area contributed by atoms with Crippen LogP contribution in [-0.4, -0.2) is 25.9 Å². The van der Waals surface area contributed by atoms with E-state index in [9.17, 15) is 5.11 Å². The zero-order valence-corrected chi connectivity index (χ0v) is 13.4. The summed E-state index contributed by atoms with van der Waals surface area (Å²) in [4.78, 5) is 0. The molecule has 0 aliphatic rings. The van der Waals surface area contributed by atoms with Crippen molar-refractivity contribution in [3.05, 3.63) is 58.6 Å². The predicted octanol–water partition coefficient (Wildman–Crippen LogP) is 3.18. The van der Waals surface area contributed by atoms with Crippen molar-refractivity contribution in [3.63, 3.8) is 0 Å². The van der Waals surface area contributed by atoms with Gasteiger partial charge in [-0.05, 0) is 12.1 Å². The monoisotopic (exact) mass is 321 g/mol. The second-order valence-corrected chi connectivity index (χ2v) is 5.23. The molecule has 0 aliphatic carbocycles. The van der Waals surface area contributed by atoms with Crippen LogP contribution < -0.4 is 14.8 Å². The Morgan fingerprint density at radius 3 is 2.55 bits per heavy atom. The molecule has 0 saturated carbocycles. The van der Waals surface area contributed by atoms with Crippen LogP contribution in [0, 0.1) is 0 Å². The van der Waals surface area contributed by atoms with Crippen LogP contribution in [0.5, 0.6) is 11.5 Å². The molecular weight excluding hydrogens is 302 g/mol. The molecule has 1 unspecified atom stereocenters. The van der Waals surface area contributed by atoms with E-state index in [4.69, 9.17) is 21.1 Å². The van der Waals surface area contributed by atoms with Gasteiger partial charge in [0.25, 0.3) is 0 Å². The van der Waals surface area contributed by atoms with Gasteiger partial charge in [0.05, 0.1) is 20.3 Å². The fraction of sp³-hybridized carbons (Fsp3) is 0.294. The molecule has 0 saturated heterocycles. The second kappa shape index (κ2) is 8.03. The Balaban J connectivity index is 1.98. The molecule has 4 nitrogen and oxygen atoms in total. The lowest BCUT2D eigenvalue weighted by molar-refractivity contribution is 0.174. The molecule has 0 radical (unpaired) electrons. The normalized spacial score (nSPS) is 12.0. The Morgan fingerprint density at radius 1 is 1.09 bits per heavy atom. The van der Waals surface area contributed by atoms with Gasteiger partial charge < -0.3 is 19.9 Å². The van der Waals surface area contributed by atoms with Crippen LogP contribution in [0.2, 0.25) is 5.02 Å². The third kappa shape index (κ3) is 3.91. The van der Waals surface area contributed by atoms with E-state index in [1.165, 1.54) is 0 Å². The lowest BCUT2D eigenvalue weighted by Gasteiger charge is -2.16. The van der Waals surface area contributed by atoms with Gasteiger partial charge in [-0.3, -0.25) is 0 Å². The molecule has 2 aromatic carbocycles. The van der Waals surface area contributed by atoms with E-state index >= 15 is 0 Å². The van der Waals surface area contributed by atoms with E-state index in [2.05, 4.69) is 5.32 Å². The van der Waals surface area contributed by atoms with Crippen LogP contribution in [0.25, 0.3) is 0 Å². The summed E-state index contributed by atoms with van der Waals surface area (Å²) in [6.07, 6.45) is -0.662. The van der Waals surface area contributed by atoms with Gasteiger partial charge in [0.2, 0.25) is 0 Å². The van der Waals surface area contributed by atoms with Crippen LogP contribution in [0.15, 0.2) is 42.5 Å². The van der Waals surface area contributed by atoms with Gasteiger partial charge in [0.1, 0.15) is 0 Å². The lowest BCUT2D eigenvalue weighted by Crippen LogP contribution is -2.21. The van der Waals surface area contributed by atoms with Crippen LogP contribution in [0.4, 0.5) is 0 Å². The molecule has 5 heteroatoms. The van der Waals surface area contributed by atoms with Gasteiger partial charge in [-0.1, -0.05) is 41.9 Å². The minimum atomic E-state index is -0.662. The molecule has 2 aromatic rings. The number of benzene rings is 2. The van der Waals surface area contributed by atoms with Crippen molar-refractivity contribution in [2.24, 2.45) is 0 Å². The third-order valence-corrected chi connectivity index (χ3v) is 3.75. The Labute approximate surface area is 135 Å². The first-order chi connectivity index (χ1) is 10.7. The first kappa shape index (κ1) is 16.6. The maximum absolute atomic E-state index is 10.2. The molecule has 1 atom stereocenters. The molecule has 0 aliphatic heterocycles. The fourth-order valence-corrected chi connectivity index (χ4v) is 2.55. The largest absolute Gasteiger partial charge is 0.493 e. The molecule has 0 fully saturated rings. The minimum Gasteiger partial charge on any atom is -0.493 e. The molecule has 0 spiro atoms. The number of para-hydroxylation sites is 1. The standard InChI is InChI=1S/C17H20ClNO3/c1-21-16-9-5-6-12(17(16)22-2)10-19-11-15(20)13-7-3-4-8-14(13)18/h3-9,15,19-20H,10-11H2,1-2H3. The summed E-state index contributed by atoms with van der Waals surface area (Å²) < 4.78 is 10.6. The first-order valence-electron chi connectivity index (χ1n) is 7.00. The van der Waals surface area contributed by atoms with Crippen molar-refractivity contribution in [1.29, 1.82) is 0 Å². The van der Waals surface area contributed by atoms with Crippen molar-refractivity contribution in [1.82, 2.24) is 5.32 Å². The number of aliphatic hydroxyl groups excluding tert-OH is 1. The average molecular weight is 322 g/mol. The molecule has 0 heterocycles. The number of rotatable bonds is 7. The Morgan fingerprint density at radius 2 is 1.86 bits per heavy atom. The summed E-state index contributed by atoms with van der Waals surface area (Å²) in [5, 5.41) is 14.0. The van der Waals surface area contributed by atoms with Gasteiger partial charge in [0.15, 0.2) is 11.5 Å². The number of aliphatic hydroxyl groups is 1. The van der Waals surface area contributed by atoms with E-state index in [0.717, 1.165) is 5.56 Å². The molecule has 0 aromatic heterocycles. The second-order valence-electron chi connectivity index (χ2n) is 4.82. The predicted molar refractivity (Wildman–Crippen MR) is 87.7 cm³/mol. The fourth-order valence-electron chi connectivity index (χ4n) is 2.29. The van der Waals surface area contributed by atoms with Crippen LogP contribution in [-0.2, 0) is 6.54 Å². The van der Waals surface area contributed by atoms with E-state index in [-0.39, 0.29) is 0 Å². The number of hydrogen-bond donors (Lipinski definition) is 2.